The number of aromatic nitrogens is 2. The first-order valence-corrected chi connectivity index (χ1v) is 9.57. The molecular formula is C20H25N5O4. The first kappa shape index (κ1) is 19.1. The molecule has 4 rings (SSSR count). The van der Waals surface area contributed by atoms with Gasteiger partial charge in [-0.15, -0.1) is 0 Å². The van der Waals surface area contributed by atoms with Crippen LogP contribution >= 0.6 is 0 Å². The van der Waals surface area contributed by atoms with E-state index in [0.717, 1.165) is 12.0 Å². The number of carbonyl (C=O) groups is 2. The molecule has 3 amide bonds. The average Bonchev–Trinajstić information content (AvgIpc) is 3.44. The van der Waals surface area contributed by atoms with Gasteiger partial charge >= 0.3 is 6.03 Å². The van der Waals surface area contributed by atoms with E-state index in [1.807, 2.05) is 18.2 Å². The molecule has 2 aromatic rings. The van der Waals surface area contributed by atoms with Crippen molar-refractivity contribution in [1.82, 2.24) is 20.0 Å². The van der Waals surface area contributed by atoms with Crippen LogP contribution in [0.15, 0.2) is 30.5 Å². The monoisotopic (exact) mass is 399 g/mol. The second kappa shape index (κ2) is 7.65. The maximum absolute atomic E-state index is 12.8. The fourth-order valence-corrected chi connectivity index (χ4v) is 4.05. The molecule has 154 valence electrons. The zero-order chi connectivity index (χ0) is 20.4. The molecule has 2 fully saturated rings. The maximum Gasteiger partial charge on any atom is 0.323 e. The van der Waals surface area contributed by atoms with Gasteiger partial charge in [0.1, 0.15) is 17.3 Å². The van der Waals surface area contributed by atoms with E-state index in [0.29, 0.717) is 49.9 Å². The molecule has 1 aromatic heterocycles. The third-order valence-corrected chi connectivity index (χ3v) is 5.69. The van der Waals surface area contributed by atoms with Gasteiger partial charge in [-0.25, -0.2) is 9.48 Å². The van der Waals surface area contributed by atoms with Crippen molar-refractivity contribution in [3.05, 3.63) is 36.0 Å². The second-order valence-corrected chi connectivity index (χ2v) is 7.61. The second-order valence-electron chi connectivity index (χ2n) is 7.61. The zero-order valence-electron chi connectivity index (χ0n) is 16.6. The summed E-state index contributed by atoms with van der Waals surface area (Å²) in [5.41, 5.74) is 0.800. The van der Waals surface area contributed by atoms with Crippen LogP contribution in [-0.4, -0.2) is 60.5 Å². The van der Waals surface area contributed by atoms with E-state index in [4.69, 9.17) is 9.47 Å². The highest BCUT2D eigenvalue weighted by Crippen LogP contribution is 2.36. The number of rotatable bonds is 5. The molecule has 2 aliphatic rings. The zero-order valence-corrected chi connectivity index (χ0v) is 16.6. The van der Waals surface area contributed by atoms with Gasteiger partial charge < -0.3 is 19.7 Å². The van der Waals surface area contributed by atoms with Crippen LogP contribution in [0.2, 0.25) is 0 Å². The summed E-state index contributed by atoms with van der Waals surface area (Å²) in [6.07, 6.45) is 2.98. The van der Waals surface area contributed by atoms with Crippen molar-refractivity contribution in [2.45, 2.75) is 19.4 Å². The van der Waals surface area contributed by atoms with Gasteiger partial charge in [0.05, 0.1) is 27.0 Å². The Kier molecular flexibility index (Phi) is 5.04. The van der Waals surface area contributed by atoms with Gasteiger partial charge in [-0.05, 0) is 18.6 Å². The highest BCUT2D eigenvalue weighted by molar-refractivity contribution is 5.89. The summed E-state index contributed by atoms with van der Waals surface area (Å²) in [5, 5.41) is 10.2. The van der Waals surface area contributed by atoms with E-state index in [-0.39, 0.29) is 17.4 Å². The van der Waals surface area contributed by atoms with Gasteiger partial charge in [-0.2, -0.15) is 5.10 Å². The van der Waals surface area contributed by atoms with Crippen molar-refractivity contribution in [2.75, 3.05) is 39.2 Å². The molecular weight excluding hydrogens is 374 g/mol. The fraction of sp³-hybridized carbons (Fsp3) is 0.450. The Balaban J connectivity index is 1.43. The summed E-state index contributed by atoms with van der Waals surface area (Å²) in [5.74, 6) is 2.08. The average molecular weight is 399 g/mol. The standard InChI is InChI=1S/C20H25N5O4/c1-28-15-4-3-14(16(9-15)29-2)11-25-17(5-7-22-25)23-19(27)24-8-6-20(13-24)10-18(26)21-12-20/h3-5,7,9H,6,8,10-13H2,1-2H3,(H,21,26)(H,23,27). The number of ether oxygens (including phenoxy) is 2. The number of carbonyl (C=O) groups excluding carboxylic acids is 2. The Hall–Kier alpha value is -3.23. The van der Waals surface area contributed by atoms with E-state index < -0.39 is 0 Å². The van der Waals surface area contributed by atoms with Crippen LogP contribution < -0.4 is 20.1 Å². The van der Waals surface area contributed by atoms with Gasteiger partial charge in [-0.3, -0.25) is 10.1 Å². The van der Waals surface area contributed by atoms with Crippen LogP contribution in [0.25, 0.3) is 0 Å². The summed E-state index contributed by atoms with van der Waals surface area (Å²) in [6, 6.07) is 7.18. The smallest absolute Gasteiger partial charge is 0.323 e. The minimum absolute atomic E-state index is 0.0683. The Labute approximate surface area is 169 Å². The molecule has 0 bridgehead atoms. The number of benzene rings is 1. The lowest BCUT2D eigenvalue weighted by Crippen LogP contribution is -2.36. The molecule has 0 saturated carbocycles. The molecule has 29 heavy (non-hydrogen) atoms. The number of likely N-dealkylation sites (tertiary alicyclic amines) is 1. The van der Waals surface area contributed by atoms with Crippen molar-refractivity contribution in [2.24, 2.45) is 5.41 Å². The lowest BCUT2D eigenvalue weighted by atomic mass is 9.86. The number of hydrogen-bond acceptors (Lipinski definition) is 5. The normalized spacial score (nSPS) is 20.8. The predicted molar refractivity (Wildman–Crippen MR) is 106 cm³/mol. The Morgan fingerprint density at radius 2 is 2.17 bits per heavy atom. The van der Waals surface area contributed by atoms with Crippen LogP contribution in [0.1, 0.15) is 18.4 Å². The first-order chi connectivity index (χ1) is 14.0. The highest BCUT2D eigenvalue weighted by atomic mass is 16.5. The molecule has 0 radical (unpaired) electrons. The van der Waals surface area contributed by atoms with Crippen LogP contribution in [0.5, 0.6) is 11.5 Å². The molecule has 1 spiro atoms. The van der Waals surface area contributed by atoms with Crippen LogP contribution in [0.4, 0.5) is 10.6 Å². The highest BCUT2D eigenvalue weighted by Gasteiger charge is 2.45. The summed E-state index contributed by atoms with van der Waals surface area (Å²) < 4.78 is 12.4. The van der Waals surface area contributed by atoms with Gasteiger partial charge in [-0.1, -0.05) is 0 Å². The van der Waals surface area contributed by atoms with E-state index >= 15 is 0 Å². The van der Waals surface area contributed by atoms with Crippen LogP contribution in [-0.2, 0) is 11.3 Å². The largest absolute Gasteiger partial charge is 0.497 e. The minimum Gasteiger partial charge on any atom is -0.497 e. The molecule has 1 atom stereocenters. The molecule has 2 aliphatic heterocycles. The van der Waals surface area contributed by atoms with Crippen molar-refractivity contribution >= 4 is 17.8 Å². The number of methoxy groups -OCH3 is 2. The van der Waals surface area contributed by atoms with Crippen molar-refractivity contribution < 1.29 is 19.1 Å². The minimum atomic E-state index is -0.176. The molecule has 2 saturated heterocycles. The number of anilines is 1. The molecule has 2 N–H and O–H groups in total. The summed E-state index contributed by atoms with van der Waals surface area (Å²) in [4.78, 5) is 26.1. The number of hydrogen-bond donors (Lipinski definition) is 2. The summed E-state index contributed by atoms with van der Waals surface area (Å²) in [6.45, 7) is 2.31. The molecule has 9 heteroatoms. The lowest BCUT2D eigenvalue weighted by Gasteiger charge is -2.22. The first-order valence-electron chi connectivity index (χ1n) is 9.57. The van der Waals surface area contributed by atoms with E-state index in [2.05, 4.69) is 15.7 Å². The van der Waals surface area contributed by atoms with E-state index in [9.17, 15) is 9.59 Å². The van der Waals surface area contributed by atoms with Crippen molar-refractivity contribution in [1.29, 1.82) is 0 Å². The Bertz CT molecular complexity index is 927. The topological polar surface area (TPSA) is 97.7 Å². The summed E-state index contributed by atoms with van der Waals surface area (Å²) >= 11 is 0. The number of urea groups is 1. The summed E-state index contributed by atoms with van der Waals surface area (Å²) in [7, 11) is 3.21. The molecule has 3 heterocycles. The van der Waals surface area contributed by atoms with Gasteiger partial charge in [0.25, 0.3) is 0 Å². The van der Waals surface area contributed by atoms with Crippen LogP contribution in [0.3, 0.4) is 0 Å². The van der Waals surface area contributed by atoms with Crippen molar-refractivity contribution in [3.8, 4) is 11.5 Å². The Morgan fingerprint density at radius 3 is 2.90 bits per heavy atom. The van der Waals surface area contributed by atoms with Gasteiger partial charge in [0.2, 0.25) is 5.91 Å². The maximum atomic E-state index is 12.8. The number of nitrogens with one attached hydrogen (secondary N) is 2. The van der Waals surface area contributed by atoms with Gasteiger partial charge in [0.15, 0.2) is 0 Å². The SMILES string of the molecule is COc1ccc(Cn2nccc2NC(=O)N2CCC3(CNC(=O)C3)C2)c(OC)c1. The van der Waals surface area contributed by atoms with Gasteiger partial charge in [0, 0.05) is 49.2 Å². The Morgan fingerprint density at radius 1 is 1.31 bits per heavy atom. The van der Waals surface area contributed by atoms with Crippen LogP contribution in [0, 0.1) is 5.41 Å². The number of nitrogens with zero attached hydrogens (tertiary/aromatic N) is 3. The molecule has 1 aromatic carbocycles. The van der Waals surface area contributed by atoms with E-state index in [1.54, 1.807) is 36.1 Å². The lowest BCUT2D eigenvalue weighted by molar-refractivity contribution is -0.119. The number of amides is 3. The third kappa shape index (κ3) is 3.85. The fourth-order valence-electron chi connectivity index (χ4n) is 4.05. The molecule has 0 aliphatic carbocycles. The quantitative estimate of drug-likeness (QED) is 0.797. The predicted octanol–water partition coefficient (Wildman–Crippen LogP) is 1.69. The molecule has 1 unspecified atom stereocenters. The van der Waals surface area contributed by atoms with Crippen molar-refractivity contribution in [3.63, 3.8) is 0 Å². The third-order valence-electron chi connectivity index (χ3n) is 5.69. The molecule has 9 nitrogen and oxygen atoms in total. The van der Waals surface area contributed by atoms with E-state index in [1.165, 1.54) is 0 Å².